The molecule has 1 aromatic carbocycles. The number of carbonyl (C=O) groups is 1. The van der Waals surface area contributed by atoms with Crippen molar-refractivity contribution >= 4 is 39.1 Å². The van der Waals surface area contributed by atoms with Crippen LogP contribution in [0.15, 0.2) is 24.3 Å². The summed E-state index contributed by atoms with van der Waals surface area (Å²) in [5.41, 5.74) is -0.919. The van der Waals surface area contributed by atoms with Crippen LogP contribution in [0, 0.1) is 0 Å². The van der Waals surface area contributed by atoms with Crippen LogP contribution in [0.1, 0.15) is 22.5 Å². The summed E-state index contributed by atoms with van der Waals surface area (Å²) in [6, 6.07) is 7.14. The normalized spacial score (nSPS) is 11.4. The predicted octanol–water partition coefficient (Wildman–Crippen LogP) is 3.77. The van der Waals surface area contributed by atoms with E-state index in [2.05, 4.69) is 10.1 Å². The van der Waals surface area contributed by atoms with Gasteiger partial charge in [-0.25, -0.2) is 18.6 Å². The van der Waals surface area contributed by atoms with Crippen molar-refractivity contribution in [1.82, 2.24) is 14.8 Å². The number of carboxylic acid groups (broad SMARTS) is 1. The number of aromatic carboxylic acids is 1. The second kappa shape index (κ2) is 5.05. The Morgan fingerprint density at radius 1 is 1.38 bits per heavy atom. The zero-order valence-electron chi connectivity index (χ0n) is 10.1. The SMILES string of the molecule is O=C(O)c1c(C(F)F)nn(-c2nc3ccccc3s2)c1Cl. The standard InChI is InChI=1S/C12H6ClF2N3O2S/c13-9-7(11(19)20)8(10(14)15)17-18(9)12-16-5-3-1-2-4-6(5)21-12/h1-4,10H,(H,19,20). The van der Waals surface area contributed by atoms with Crippen LogP contribution in [0.5, 0.6) is 0 Å². The van der Waals surface area contributed by atoms with Gasteiger partial charge < -0.3 is 5.11 Å². The van der Waals surface area contributed by atoms with Gasteiger partial charge in [-0.1, -0.05) is 35.1 Å². The molecule has 0 fully saturated rings. The molecule has 0 unspecified atom stereocenters. The monoisotopic (exact) mass is 329 g/mol. The van der Waals surface area contributed by atoms with Crippen molar-refractivity contribution in [1.29, 1.82) is 0 Å². The summed E-state index contributed by atoms with van der Waals surface area (Å²) in [7, 11) is 0. The van der Waals surface area contributed by atoms with Crippen LogP contribution in [-0.4, -0.2) is 25.8 Å². The van der Waals surface area contributed by atoms with Gasteiger partial charge >= 0.3 is 5.97 Å². The Kier molecular flexibility index (Phi) is 3.34. The molecule has 0 saturated carbocycles. The Morgan fingerprint density at radius 2 is 2.10 bits per heavy atom. The van der Waals surface area contributed by atoms with E-state index >= 15 is 0 Å². The molecule has 5 nitrogen and oxygen atoms in total. The highest BCUT2D eigenvalue weighted by molar-refractivity contribution is 7.20. The minimum atomic E-state index is -3.04. The van der Waals surface area contributed by atoms with Crippen molar-refractivity contribution in [3.63, 3.8) is 0 Å². The topological polar surface area (TPSA) is 68.0 Å². The first-order valence-electron chi connectivity index (χ1n) is 5.65. The molecule has 0 aliphatic carbocycles. The first-order valence-corrected chi connectivity index (χ1v) is 6.84. The van der Waals surface area contributed by atoms with Crippen molar-refractivity contribution in [3.8, 4) is 5.13 Å². The van der Waals surface area contributed by atoms with Crippen LogP contribution >= 0.6 is 22.9 Å². The lowest BCUT2D eigenvalue weighted by atomic mass is 10.2. The molecule has 0 aliphatic rings. The van der Waals surface area contributed by atoms with Gasteiger partial charge in [0.2, 0.25) is 5.13 Å². The lowest BCUT2D eigenvalue weighted by Crippen LogP contribution is -2.00. The van der Waals surface area contributed by atoms with Crippen LogP contribution in [-0.2, 0) is 0 Å². The number of aromatic nitrogens is 3. The number of para-hydroxylation sites is 1. The number of benzene rings is 1. The zero-order chi connectivity index (χ0) is 15.1. The number of halogens is 3. The van der Waals surface area contributed by atoms with Crippen molar-refractivity contribution in [2.24, 2.45) is 0 Å². The molecule has 9 heteroatoms. The van der Waals surface area contributed by atoms with Gasteiger partial charge in [0.15, 0.2) is 5.15 Å². The van der Waals surface area contributed by atoms with E-state index in [-0.39, 0.29) is 5.13 Å². The highest BCUT2D eigenvalue weighted by Gasteiger charge is 2.29. The minimum Gasteiger partial charge on any atom is -0.478 e. The van der Waals surface area contributed by atoms with E-state index in [1.165, 1.54) is 11.3 Å². The summed E-state index contributed by atoms with van der Waals surface area (Å²) in [4.78, 5) is 15.3. The molecule has 3 rings (SSSR count). The van der Waals surface area contributed by atoms with E-state index in [1.807, 2.05) is 6.07 Å². The van der Waals surface area contributed by atoms with E-state index in [0.717, 1.165) is 9.38 Å². The number of hydrogen-bond acceptors (Lipinski definition) is 4. The molecule has 1 N–H and O–H groups in total. The Bertz CT molecular complexity index is 813. The van der Waals surface area contributed by atoms with E-state index in [4.69, 9.17) is 16.7 Å². The van der Waals surface area contributed by atoms with E-state index in [9.17, 15) is 13.6 Å². The van der Waals surface area contributed by atoms with Gasteiger partial charge in [-0.2, -0.15) is 9.78 Å². The Labute approximate surface area is 125 Å². The fourth-order valence-corrected chi connectivity index (χ4v) is 3.11. The molecule has 21 heavy (non-hydrogen) atoms. The summed E-state index contributed by atoms with van der Waals surface area (Å²) < 4.78 is 27.5. The fraction of sp³-hybridized carbons (Fsp3) is 0.0833. The third-order valence-corrected chi connectivity index (χ3v) is 4.10. The zero-order valence-corrected chi connectivity index (χ0v) is 11.7. The van der Waals surface area contributed by atoms with Gasteiger partial charge in [0, 0.05) is 0 Å². The van der Waals surface area contributed by atoms with Gasteiger partial charge in [-0.15, -0.1) is 0 Å². The molecule has 108 valence electrons. The Morgan fingerprint density at radius 3 is 2.67 bits per heavy atom. The highest BCUT2D eigenvalue weighted by Crippen LogP contribution is 2.32. The summed E-state index contributed by atoms with van der Waals surface area (Å²) >= 11 is 7.06. The van der Waals surface area contributed by atoms with Gasteiger partial charge in [0.1, 0.15) is 11.3 Å². The van der Waals surface area contributed by atoms with Crippen LogP contribution in [0.2, 0.25) is 5.15 Å². The fourth-order valence-electron chi connectivity index (χ4n) is 1.84. The summed E-state index contributed by atoms with van der Waals surface area (Å²) in [6.45, 7) is 0. The molecule has 2 heterocycles. The maximum atomic E-state index is 12.9. The van der Waals surface area contributed by atoms with Crippen molar-refractivity contribution < 1.29 is 18.7 Å². The first-order chi connectivity index (χ1) is 9.99. The van der Waals surface area contributed by atoms with E-state index in [1.54, 1.807) is 18.2 Å². The maximum absolute atomic E-state index is 12.9. The number of fused-ring (bicyclic) bond motifs is 1. The van der Waals surface area contributed by atoms with Gasteiger partial charge in [-0.05, 0) is 12.1 Å². The average molecular weight is 330 g/mol. The number of nitrogens with zero attached hydrogens (tertiary/aromatic N) is 3. The quantitative estimate of drug-likeness (QED) is 0.794. The van der Waals surface area contributed by atoms with Crippen LogP contribution in [0.3, 0.4) is 0 Å². The number of carboxylic acids is 1. The lowest BCUT2D eigenvalue weighted by molar-refractivity contribution is 0.0684. The molecule has 2 aromatic heterocycles. The van der Waals surface area contributed by atoms with Crippen molar-refractivity contribution in [2.75, 3.05) is 0 Å². The van der Waals surface area contributed by atoms with Crippen molar-refractivity contribution in [2.45, 2.75) is 6.43 Å². The summed E-state index contributed by atoms with van der Waals surface area (Å²) in [5, 5.41) is 12.4. The largest absolute Gasteiger partial charge is 0.478 e. The third-order valence-electron chi connectivity index (χ3n) is 2.74. The van der Waals surface area contributed by atoms with Crippen LogP contribution < -0.4 is 0 Å². The highest BCUT2D eigenvalue weighted by atomic mass is 35.5. The molecule has 0 radical (unpaired) electrons. The second-order valence-electron chi connectivity index (χ2n) is 4.03. The Balaban J connectivity index is 2.22. The molecule has 0 aliphatic heterocycles. The molecule has 0 saturated heterocycles. The van der Waals surface area contributed by atoms with Crippen molar-refractivity contribution in [3.05, 3.63) is 40.7 Å². The second-order valence-corrected chi connectivity index (χ2v) is 5.40. The Hall–Kier alpha value is -2.06. The molecule has 0 spiro atoms. The molecular weight excluding hydrogens is 324 g/mol. The molecular formula is C12H6ClF2N3O2S. The van der Waals surface area contributed by atoms with E-state index in [0.29, 0.717) is 5.52 Å². The summed E-state index contributed by atoms with van der Waals surface area (Å²) in [5.74, 6) is -1.55. The van der Waals surface area contributed by atoms with Gasteiger partial charge in [-0.3, -0.25) is 0 Å². The smallest absolute Gasteiger partial charge is 0.341 e. The van der Waals surface area contributed by atoms with Gasteiger partial charge in [0.25, 0.3) is 6.43 Å². The third kappa shape index (κ3) is 2.26. The maximum Gasteiger partial charge on any atom is 0.341 e. The molecule has 0 amide bonds. The minimum absolute atomic E-state index is 0.232. The number of thiazole rings is 1. The number of hydrogen-bond donors (Lipinski definition) is 1. The van der Waals surface area contributed by atoms with Crippen LogP contribution in [0.25, 0.3) is 15.3 Å². The molecule has 0 atom stereocenters. The average Bonchev–Trinajstić information content (AvgIpc) is 2.98. The van der Waals surface area contributed by atoms with Crippen LogP contribution in [0.4, 0.5) is 8.78 Å². The van der Waals surface area contributed by atoms with E-state index < -0.39 is 28.8 Å². The number of alkyl halides is 2. The number of rotatable bonds is 3. The lowest BCUT2D eigenvalue weighted by Gasteiger charge is -1.96. The summed E-state index contributed by atoms with van der Waals surface area (Å²) in [6.07, 6.45) is -3.04. The van der Waals surface area contributed by atoms with Gasteiger partial charge in [0.05, 0.1) is 10.2 Å². The molecule has 3 aromatic rings. The predicted molar refractivity (Wildman–Crippen MR) is 73.7 cm³/mol. The first kappa shape index (κ1) is 13.9. The molecule has 0 bridgehead atoms.